The van der Waals surface area contributed by atoms with Crippen molar-refractivity contribution in [1.29, 1.82) is 0 Å². The second-order valence-electron chi connectivity index (χ2n) is 4.27. The third kappa shape index (κ3) is 2.87. The van der Waals surface area contributed by atoms with Crippen molar-refractivity contribution in [3.63, 3.8) is 0 Å². The molecule has 2 rings (SSSR count). The molecule has 1 aliphatic heterocycles. The van der Waals surface area contributed by atoms with E-state index in [4.69, 9.17) is 4.74 Å². The summed E-state index contributed by atoms with van der Waals surface area (Å²) in [5, 5.41) is 3.40. The zero-order valence-corrected chi connectivity index (χ0v) is 11.4. The van der Waals surface area contributed by atoms with Gasteiger partial charge in [-0.1, -0.05) is 22.0 Å². The molecule has 1 aromatic carbocycles. The number of carbonyl (C=O) groups excluding carboxylic acids is 1. The van der Waals surface area contributed by atoms with Crippen molar-refractivity contribution in [2.75, 3.05) is 20.2 Å². The molecule has 1 aliphatic rings. The van der Waals surface area contributed by atoms with Gasteiger partial charge in [-0.05, 0) is 43.0 Å². The number of nitrogens with one attached hydrogen (secondary N) is 1. The van der Waals surface area contributed by atoms with Crippen molar-refractivity contribution in [2.24, 2.45) is 0 Å². The van der Waals surface area contributed by atoms with Gasteiger partial charge in [0.15, 0.2) is 0 Å². The third-order valence-electron chi connectivity index (χ3n) is 3.16. The first-order valence-electron chi connectivity index (χ1n) is 5.81. The third-order valence-corrected chi connectivity index (χ3v) is 3.85. The fraction of sp³-hybridized carbons (Fsp3) is 0.462. The number of halogens is 1. The van der Waals surface area contributed by atoms with E-state index in [1.54, 1.807) is 0 Å². The molecule has 1 saturated heterocycles. The number of hydrogen-bond acceptors (Lipinski definition) is 3. The molecular formula is C13H16BrNO2. The Balaban J connectivity index is 2.21. The Morgan fingerprint density at radius 2 is 2.35 bits per heavy atom. The van der Waals surface area contributed by atoms with E-state index in [9.17, 15) is 4.79 Å². The topological polar surface area (TPSA) is 38.3 Å². The van der Waals surface area contributed by atoms with Crippen LogP contribution in [0.2, 0.25) is 0 Å². The summed E-state index contributed by atoms with van der Waals surface area (Å²) in [4.78, 5) is 11.4. The number of carbonyl (C=O) groups is 1. The molecule has 1 aromatic rings. The summed E-state index contributed by atoms with van der Waals surface area (Å²) in [6, 6.07) is 5.70. The molecule has 17 heavy (non-hydrogen) atoms. The van der Waals surface area contributed by atoms with Crippen LogP contribution in [-0.4, -0.2) is 26.2 Å². The first-order valence-corrected chi connectivity index (χ1v) is 6.60. The minimum absolute atomic E-state index is 0.293. The average Bonchev–Trinajstić information content (AvgIpc) is 2.38. The monoisotopic (exact) mass is 297 g/mol. The SMILES string of the molecule is COC(=O)c1ccc(C2CCCNC2)c(Br)c1. The zero-order valence-electron chi connectivity index (χ0n) is 9.83. The van der Waals surface area contributed by atoms with Crippen LogP contribution >= 0.6 is 15.9 Å². The lowest BCUT2D eigenvalue weighted by Crippen LogP contribution is -2.28. The molecule has 0 aromatic heterocycles. The maximum Gasteiger partial charge on any atom is 0.337 e. The lowest BCUT2D eigenvalue weighted by molar-refractivity contribution is 0.0600. The number of piperidine rings is 1. The summed E-state index contributed by atoms with van der Waals surface area (Å²) in [7, 11) is 1.40. The van der Waals surface area contributed by atoms with E-state index >= 15 is 0 Å². The van der Waals surface area contributed by atoms with Crippen molar-refractivity contribution in [1.82, 2.24) is 5.32 Å². The van der Waals surface area contributed by atoms with Gasteiger partial charge in [0.2, 0.25) is 0 Å². The Bertz CT molecular complexity index is 414. The lowest BCUT2D eigenvalue weighted by atomic mass is 9.91. The summed E-state index contributed by atoms with van der Waals surface area (Å²) in [5.74, 6) is 0.240. The van der Waals surface area contributed by atoms with Crippen LogP contribution in [0.4, 0.5) is 0 Å². The minimum atomic E-state index is -0.293. The molecule has 0 spiro atoms. The molecule has 0 aliphatic carbocycles. The maximum atomic E-state index is 11.4. The van der Waals surface area contributed by atoms with Gasteiger partial charge in [-0.3, -0.25) is 0 Å². The molecule has 1 fully saturated rings. The highest BCUT2D eigenvalue weighted by atomic mass is 79.9. The number of esters is 1. The second-order valence-corrected chi connectivity index (χ2v) is 5.13. The highest BCUT2D eigenvalue weighted by Crippen LogP contribution is 2.30. The van der Waals surface area contributed by atoms with Gasteiger partial charge in [0.05, 0.1) is 12.7 Å². The Morgan fingerprint density at radius 1 is 1.53 bits per heavy atom. The van der Waals surface area contributed by atoms with Crippen LogP contribution in [0.5, 0.6) is 0 Å². The average molecular weight is 298 g/mol. The van der Waals surface area contributed by atoms with Crippen LogP contribution < -0.4 is 5.32 Å². The van der Waals surface area contributed by atoms with Crippen LogP contribution in [0.15, 0.2) is 22.7 Å². The first-order chi connectivity index (χ1) is 8.22. The molecule has 0 saturated carbocycles. The van der Waals surface area contributed by atoms with E-state index in [2.05, 4.69) is 21.2 Å². The molecule has 92 valence electrons. The van der Waals surface area contributed by atoms with Crippen molar-refractivity contribution < 1.29 is 9.53 Å². The van der Waals surface area contributed by atoms with E-state index in [-0.39, 0.29) is 5.97 Å². The predicted molar refractivity (Wildman–Crippen MR) is 70.3 cm³/mol. The smallest absolute Gasteiger partial charge is 0.337 e. The highest BCUT2D eigenvalue weighted by Gasteiger charge is 2.18. The minimum Gasteiger partial charge on any atom is -0.465 e. The van der Waals surface area contributed by atoms with Crippen LogP contribution in [0, 0.1) is 0 Å². The Labute approximate surface area is 110 Å². The maximum absolute atomic E-state index is 11.4. The molecule has 1 unspecified atom stereocenters. The fourth-order valence-corrected chi connectivity index (χ4v) is 2.92. The Kier molecular flexibility index (Phi) is 4.18. The first kappa shape index (κ1) is 12.6. The van der Waals surface area contributed by atoms with Gasteiger partial charge < -0.3 is 10.1 Å². The van der Waals surface area contributed by atoms with Gasteiger partial charge in [0, 0.05) is 11.0 Å². The van der Waals surface area contributed by atoms with Gasteiger partial charge in [0.25, 0.3) is 0 Å². The van der Waals surface area contributed by atoms with E-state index in [0.29, 0.717) is 11.5 Å². The number of methoxy groups -OCH3 is 1. The van der Waals surface area contributed by atoms with Crippen molar-refractivity contribution in [3.8, 4) is 0 Å². The Hall–Kier alpha value is -0.870. The largest absolute Gasteiger partial charge is 0.465 e. The summed E-state index contributed by atoms with van der Waals surface area (Å²) in [5.41, 5.74) is 1.86. The normalized spacial score (nSPS) is 20.0. The molecular weight excluding hydrogens is 282 g/mol. The Morgan fingerprint density at radius 3 is 2.94 bits per heavy atom. The molecule has 1 heterocycles. The van der Waals surface area contributed by atoms with Gasteiger partial charge >= 0.3 is 5.97 Å². The summed E-state index contributed by atoms with van der Waals surface area (Å²) < 4.78 is 5.70. The van der Waals surface area contributed by atoms with E-state index < -0.39 is 0 Å². The van der Waals surface area contributed by atoms with Gasteiger partial charge in [-0.15, -0.1) is 0 Å². The standard InChI is InChI=1S/C13H16BrNO2/c1-17-13(16)9-4-5-11(12(14)7-9)10-3-2-6-15-8-10/h4-5,7,10,15H,2-3,6,8H2,1H3. The quantitative estimate of drug-likeness (QED) is 0.853. The number of hydrogen-bond donors (Lipinski definition) is 1. The van der Waals surface area contributed by atoms with Crippen molar-refractivity contribution in [2.45, 2.75) is 18.8 Å². The van der Waals surface area contributed by atoms with Crippen LogP contribution in [0.25, 0.3) is 0 Å². The highest BCUT2D eigenvalue weighted by molar-refractivity contribution is 9.10. The van der Waals surface area contributed by atoms with Crippen LogP contribution in [0.3, 0.4) is 0 Å². The molecule has 0 amide bonds. The van der Waals surface area contributed by atoms with E-state index in [1.807, 2.05) is 18.2 Å². The summed E-state index contributed by atoms with van der Waals surface area (Å²) >= 11 is 3.54. The fourth-order valence-electron chi connectivity index (χ4n) is 2.22. The van der Waals surface area contributed by atoms with Crippen LogP contribution in [-0.2, 0) is 4.74 Å². The number of rotatable bonds is 2. The van der Waals surface area contributed by atoms with Crippen LogP contribution in [0.1, 0.15) is 34.7 Å². The lowest BCUT2D eigenvalue weighted by Gasteiger charge is -2.24. The van der Waals surface area contributed by atoms with Gasteiger partial charge in [-0.2, -0.15) is 0 Å². The van der Waals surface area contributed by atoms with E-state index in [1.165, 1.54) is 25.5 Å². The zero-order chi connectivity index (χ0) is 12.3. The van der Waals surface area contributed by atoms with Crippen molar-refractivity contribution >= 4 is 21.9 Å². The van der Waals surface area contributed by atoms with Gasteiger partial charge in [0.1, 0.15) is 0 Å². The molecule has 0 radical (unpaired) electrons. The molecule has 3 nitrogen and oxygen atoms in total. The summed E-state index contributed by atoms with van der Waals surface area (Å²) in [6.07, 6.45) is 2.40. The molecule has 1 atom stereocenters. The molecule has 4 heteroatoms. The van der Waals surface area contributed by atoms with Crippen molar-refractivity contribution in [3.05, 3.63) is 33.8 Å². The molecule has 1 N–H and O–H groups in total. The second kappa shape index (κ2) is 5.65. The number of benzene rings is 1. The summed E-state index contributed by atoms with van der Waals surface area (Å²) in [6.45, 7) is 2.12. The predicted octanol–water partition coefficient (Wildman–Crippen LogP) is 2.70. The van der Waals surface area contributed by atoms with Gasteiger partial charge in [-0.25, -0.2) is 4.79 Å². The number of ether oxygens (including phenoxy) is 1. The molecule has 0 bridgehead atoms. The van der Waals surface area contributed by atoms with E-state index in [0.717, 1.165) is 17.6 Å².